The summed E-state index contributed by atoms with van der Waals surface area (Å²) in [7, 11) is 1.32. The molecule has 5 aromatic rings. The fraction of sp³-hybridized carbons (Fsp3) is 0.286. The standard InChI is InChI=1S/C42H46O5Si/c1-42(2,3)48(6,7)47-34-23-21-31(39-33(34)19-14-20-37(39)45-27-29-15-10-8-11-16-29)32-22-24-38(46-28-30-17-12-9-13-18-30)41-36(44-5)26-25-35(43-4)40(32)41/h8-22,24-26,34H,23,27-28H2,1-7H3/t34-/m1/s1. The number of benzene rings is 5. The molecule has 0 saturated heterocycles. The molecule has 0 spiro atoms. The zero-order valence-corrected chi connectivity index (χ0v) is 30.1. The first-order chi connectivity index (χ1) is 23.1. The van der Waals surface area contributed by atoms with Gasteiger partial charge in [-0.1, -0.05) is 99.6 Å². The Bertz CT molecular complexity index is 1910. The van der Waals surface area contributed by atoms with Crippen LogP contribution in [0.4, 0.5) is 0 Å². The van der Waals surface area contributed by atoms with Gasteiger partial charge in [0.1, 0.15) is 36.2 Å². The summed E-state index contributed by atoms with van der Waals surface area (Å²) in [5, 5.41) is 1.88. The summed E-state index contributed by atoms with van der Waals surface area (Å²) in [6, 6.07) is 35.0. The molecule has 1 atom stereocenters. The second-order valence-corrected chi connectivity index (χ2v) is 18.6. The van der Waals surface area contributed by atoms with E-state index in [0.29, 0.717) is 13.2 Å². The van der Waals surface area contributed by atoms with Crippen LogP contribution in [0.3, 0.4) is 0 Å². The van der Waals surface area contributed by atoms with Crippen molar-refractivity contribution >= 4 is 24.7 Å². The van der Waals surface area contributed by atoms with E-state index in [1.165, 1.54) is 0 Å². The second-order valence-electron chi connectivity index (χ2n) is 13.8. The SMILES string of the molecule is COc1ccc(OC)c2c(C3=CC[C@@H](O[Si](C)(C)C(C)(C)C)c4cccc(OCc5ccccc5)c43)ccc(OCc3ccccc3)c12. The van der Waals surface area contributed by atoms with Gasteiger partial charge in [-0.2, -0.15) is 0 Å². The zero-order chi connectivity index (χ0) is 33.9. The van der Waals surface area contributed by atoms with Crippen molar-refractivity contribution < 1.29 is 23.4 Å². The van der Waals surface area contributed by atoms with Crippen molar-refractivity contribution in [1.82, 2.24) is 0 Å². The highest BCUT2D eigenvalue weighted by atomic mass is 28.4. The smallest absolute Gasteiger partial charge is 0.192 e. The minimum atomic E-state index is -2.09. The summed E-state index contributed by atoms with van der Waals surface area (Å²) in [5.41, 5.74) is 6.50. The molecule has 1 aliphatic carbocycles. The highest BCUT2D eigenvalue weighted by Gasteiger charge is 2.41. The van der Waals surface area contributed by atoms with Gasteiger partial charge in [-0.05, 0) is 82.7 Å². The van der Waals surface area contributed by atoms with Crippen molar-refractivity contribution in [2.75, 3.05) is 14.2 Å². The fourth-order valence-electron chi connectivity index (χ4n) is 6.13. The molecule has 5 nitrogen and oxygen atoms in total. The van der Waals surface area contributed by atoms with Crippen molar-refractivity contribution in [3.8, 4) is 23.0 Å². The van der Waals surface area contributed by atoms with Gasteiger partial charge in [0.05, 0.1) is 25.7 Å². The Morgan fingerprint density at radius 3 is 1.77 bits per heavy atom. The van der Waals surface area contributed by atoms with Crippen molar-refractivity contribution in [3.05, 3.63) is 137 Å². The first kappa shape index (κ1) is 33.4. The van der Waals surface area contributed by atoms with Crippen LogP contribution in [0.25, 0.3) is 16.3 Å². The Hall–Kier alpha value is -4.52. The maximum atomic E-state index is 7.11. The number of fused-ring (bicyclic) bond motifs is 2. The Balaban J connectivity index is 1.51. The number of hydrogen-bond donors (Lipinski definition) is 0. The number of rotatable bonds is 11. The first-order valence-corrected chi connectivity index (χ1v) is 19.5. The van der Waals surface area contributed by atoms with Crippen molar-refractivity contribution in [1.29, 1.82) is 0 Å². The van der Waals surface area contributed by atoms with Gasteiger partial charge in [0.2, 0.25) is 0 Å². The molecule has 0 aromatic heterocycles. The quantitative estimate of drug-likeness (QED) is 0.132. The van der Waals surface area contributed by atoms with Crippen LogP contribution in [-0.4, -0.2) is 22.5 Å². The molecule has 248 valence electrons. The fourth-order valence-corrected chi connectivity index (χ4v) is 7.41. The highest BCUT2D eigenvalue weighted by molar-refractivity contribution is 6.74. The van der Waals surface area contributed by atoms with Crippen molar-refractivity contribution in [3.63, 3.8) is 0 Å². The second kappa shape index (κ2) is 13.9. The summed E-state index contributed by atoms with van der Waals surface area (Å²) in [6.07, 6.45) is 2.98. The van der Waals surface area contributed by atoms with E-state index in [2.05, 4.69) is 94.5 Å². The third kappa shape index (κ3) is 6.73. The molecular weight excluding hydrogens is 613 g/mol. The lowest BCUT2D eigenvalue weighted by molar-refractivity contribution is 0.184. The lowest BCUT2D eigenvalue weighted by Gasteiger charge is -2.41. The van der Waals surface area contributed by atoms with Gasteiger partial charge in [-0.3, -0.25) is 0 Å². The molecule has 0 bridgehead atoms. The third-order valence-corrected chi connectivity index (χ3v) is 14.2. The molecule has 5 aromatic carbocycles. The van der Waals surface area contributed by atoms with Gasteiger partial charge >= 0.3 is 0 Å². The molecule has 6 heteroatoms. The third-order valence-electron chi connectivity index (χ3n) is 9.70. The summed E-state index contributed by atoms with van der Waals surface area (Å²) in [6.45, 7) is 12.4. The minimum absolute atomic E-state index is 0.0777. The largest absolute Gasteiger partial charge is 0.496 e. The van der Waals surface area contributed by atoms with E-state index in [4.69, 9.17) is 23.4 Å². The molecule has 1 aliphatic rings. The summed E-state index contributed by atoms with van der Waals surface area (Å²) in [5.74, 6) is 3.03. The van der Waals surface area contributed by atoms with E-state index in [-0.39, 0.29) is 11.1 Å². The van der Waals surface area contributed by atoms with Gasteiger partial charge in [0.15, 0.2) is 8.32 Å². The lowest BCUT2D eigenvalue weighted by atomic mass is 9.83. The first-order valence-electron chi connectivity index (χ1n) is 16.6. The monoisotopic (exact) mass is 658 g/mol. The molecule has 0 amide bonds. The molecule has 6 rings (SSSR count). The molecule has 0 fully saturated rings. The van der Waals surface area contributed by atoms with Crippen LogP contribution in [0.15, 0.2) is 109 Å². The minimum Gasteiger partial charge on any atom is -0.496 e. The zero-order valence-electron chi connectivity index (χ0n) is 29.1. The molecular formula is C42H46O5Si. The van der Waals surface area contributed by atoms with Gasteiger partial charge in [-0.25, -0.2) is 0 Å². The van der Waals surface area contributed by atoms with E-state index in [0.717, 1.165) is 73.6 Å². The van der Waals surface area contributed by atoms with Gasteiger partial charge in [-0.15, -0.1) is 0 Å². The number of ether oxygens (including phenoxy) is 4. The molecule has 0 N–H and O–H groups in total. The number of hydrogen-bond acceptors (Lipinski definition) is 5. The van der Waals surface area contributed by atoms with Crippen LogP contribution in [0.5, 0.6) is 23.0 Å². The summed E-state index contributed by atoms with van der Waals surface area (Å²) < 4.78 is 32.2. The average Bonchev–Trinajstić information content (AvgIpc) is 3.09. The van der Waals surface area contributed by atoms with Crippen LogP contribution >= 0.6 is 0 Å². The van der Waals surface area contributed by atoms with Crippen LogP contribution in [0.2, 0.25) is 18.1 Å². The maximum absolute atomic E-state index is 7.11. The summed E-state index contributed by atoms with van der Waals surface area (Å²) >= 11 is 0. The highest BCUT2D eigenvalue weighted by Crippen LogP contribution is 2.51. The normalized spacial score (nSPS) is 14.6. The lowest BCUT2D eigenvalue weighted by Crippen LogP contribution is -2.42. The Labute approximate surface area is 286 Å². The predicted octanol–water partition coefficient (Wildman–Crippen LogP) is 10.9. The van der Waals surface area contributed by atoms with E-state index in [1.807, 2.05) is 48.5 Å². The van der Waals surface area contributed by atoms with Gasteiger partial charge in [0, 0.05) is 10.9 Å². The number of methoxy groups -OCH3 is 2. The van der Waals surface area contributed by atoms with Crippen LogP contribution in [-0.2, 0) is 17.6 Å². The van der Waals surface area contributed by atoms with Crippen LogP contribution in [0, 0.1) is 0 Å². The van der Waals surface area contributed by atoms with Crippen molar-refractivity contribution in [2.24, 2.45) is 0 Å². The topological polar surface area (TPSA) is 46.2 Å². The van der Waals surface area contributed by atoms with Gasteiger partial charge in [0.25, 0.3) is 0 Å². The molecule has 0 saturated carbocycles. The maximum Gasteiger partial charge on any atom is 0.192 e. The molecule has 0 unspecified atom stereocenters. The van der Waals surface area contributed by atoms with E-state index in [9.17, 15) is 0 Å². The Morgan fingerprint density at radius 1 is 0.625 bits per heavy atom. The molecule has 0 radical (unpaired) electrons. The molecule has 0 aliphatic heterocycles. The van der Waals surface area contributed by atoms with E-state index >= 15 is 0 Å². The molecule has 0 heterocycles. The van der Waals surface area contributed by atoms with Crippen LogP contribution in [0.1, 0.15) is 61.1 Å². The summed E-state index contributed by atoms with van der Waals surface area (Å²) in [4.78, 5) is 0. The predicted molar refractivity (Wildman–Crippen MR) is 198 cm³/mol. The van der Waals surface area contributed by atoms with Crippen LogP contribution < -0.4 is 18.9 Å². The van der Waals surface area contributed by atoms with Gasteiger partial charge < -0.3 is 23.4 Å². The Kier molecular flexibility index (Phi) is 9.67. The molecule has 48 heavy (non-hydrogen) atoms. The van der Waals surface area contributed by atoms with Crippen molar-refractivity contribution in [2.45, 2.75) is 64.6 Å². The Morgan fingerprint density at radius 2 is 1.19 bits per heavy atom. The van der Waals surface area contributed by atoms with E-state index < -0.39 is 8.32 Å². The van der Waals surface area contributed by atoms with E-state index in [1.54, 1.807) is 14.2 Å². The average molecular weight is 659 g/mol.